The topological polar surface area (TPSA) is 54.0 Å². The van der Waals surface area contributed by atoms with Crippen molar-refractivity contribution in [2.75, 3.05) is 46.9 Å². The highest BCUT2D eigenvalue weighted by Gasteiger charge is 2.18. The number of rotatable bonds is 6. The summed E-state index contributed by atoms with van der Waals surface area (Å²) in [4.78, 5) is 2.35. The summed E-state index contributed by atoms with van der Waals surface area (Å²) in [5, 5.41) is 14.3. The molecule has 1 aliphatic heterocycles. The van der Waals surface area contributed by atoms with Gasteiger partial charge in [-0.3, -0.25) is 0 Å². The van der Waals surface area contributed by atoms with Gasteiger partial charge in [0.15, 0.2) is 0 Å². The lowest BCUT2D eigenvalue weighted by atomic mass is 10.0. The summed E-state index contributed by atoms with van der Waals surface area (Å²) >= 11 is 6.08. The lowest BCUT2D eigenvalue weighted by Crippen LogP contribution is -2.44. The van der Waals surface area contributed by atoms with E-state index in [-0.39, 0.29) is 0 Å². The summed E-state index contributed by atoms with van der Waals surface area (Å²) in [6.07, 6.45) is 0.0576. The van der Waals surface area contributed by atoms with Crippen LogP contribution >= 0.6 is 11.6 Å². The molecular weight excluding hydrogens is 292 g/mol. The number of methoxy groups -OCH3 is 2. The molecule has 1 saturated heterocycles. The average Bonchev–Trinajstić information content (AvgIpc) is 2.53. The van der Waals surface area contributed by atoms with E-state index in [0.29, 0.717) is 28.5 Å². The van der Waals surface area contributed by atoms with Crippen molar-refractivity contribution >= 4 is 11.6 Å². The molecule has 1 aliphatic rings. The minimum Gasteiger partial charge on any atom is -0.496 e. The maximum Gasteiger partial charge on any atom is 0.138 e. The molecule has 5 nitrogen and oxygen atoms in total. The van der Waals surface area contributed by atoms with Gasteiger partial charge in [0.2, 0.25) is 0 Å². The van der Waals surface area contributed by atoms with Gasteiger partial charge in [-0.15, -0.1) is 0 Å². The molecule has 0 aromatic heterocycles. The Balaban J connectivity index is 2.04. The highest BCUT2D eigenvalue weighted by Crippen LogP contribution is 2.36. The second-order valence-corrected chi connectivity index (χ2v) is 5.53. The molecule has 21 heavy (non-hydrogen) atoms. The fourth-order valence-electron chi connectivity index (χ4n) is 2.54. The summed E-state index contributed by atoms with van der Waals surface area (Å²) in [7, 11) is 3.13. The summed E-state index contributed by atoms with van der Waals surface area (Å²) in [5.74, 6) is 1.14. The molecule has 1 unspecified atom stereocenters. The molecule has 0 radical (unpaired) electrons. The van der Waals surface area contributed by atoms with E-state index in [2.05, 4.69) is 10.2 Å². The van der Waals surface area contributed by atoms with Gasteiger partial charge >= 0.3 is 0 Å². The Morgan fingerprint density at radius 1 is 1.24 bits per heavy atom. The molecule has 1 aromatic rings. The Labute approximate surface area is 130 Å². The fraction of sp³-hybridized carbons (Fsp3) is 0.600. The number of benzene rings is 1. The van der Waals surface area contributed by atoms with E-state index in [0.717, 1.165) is 32.7 Å². The van der Waals surface area contributed by atoms with Gasteiger partial charge in [0, 0.05) is 44.4 Å². The maximum absolute atomic E-state index is 10.5. The lowest BCUT2D eigenvalue weighted by molar-refractivity contribution is 0.134. The van der Waals surface area contributed by atoms with Crippen LogP contribution in [0, 0.1) is 0 Å². The molecule has 1 atom stereocenters. The van der Waals surface area contributed by atoms with Gasteiger partial charge in [0.1, 0.15) is 11.5 Å². The smallest absolute Gasteiger partial charge is 0.138 e. The molecule has 6 heteroatoms. The van der Waals surface area contributed by atoms with Crippen molar-refractivity contribution in [1.29, 1.82) is 0 Å². The maximum atomic E-state index is 10.5. The molecule has 0 saturated carbocycles. The quantitative estimate of drug-likeness (QED) is 0.837. The van der Waals surface area contributed by atoms with Crippen molar-refractivity contribution in [2.45, 2.75) is 12.5 Å². The van der Waals surface area contributed by atoms with E-state index < -0.39 is 6.10 Å². The van der Waals surface area contributed by atoms with E-state index in [1.807, 2.05) is 0 Å². The Bertz CT molecular complexity index is 464. The largest absolute Gasteiger partial charge is 0.496 e. The number of nitrogens with zero attached hydrogens (tertiary/aromatic N) is 1. The number of hydrogen-bond donors (Lipinski definition) is 2. The standard InChI is InChI=1S/C15H23ClN2O3/c1-20-14-10-12(16)15(21-2)9-11(14)13(19)3-6-18-7-4-17-5-8-18/h9-10,13,17,19H,3-8H2,1-2H3. The van der Waals surface area contributed by atoms with Crippen LogP contribution in [0.3, 0.4) is 0 Å². The second-order valence-electron chi connectivity index (χ2n) is 5.12. The first-order valence-corrected chi connectivity index (χ1v) is 7.56. The first-order chi connectivity index (χ1) is 10.2. The highest BCUT2D eigenvalue weighted by atomic mass is 35.5. The number of halogens is 1. The summed E-state index contributed by atoms with van der Waals surface area (Å²) in [6.45, 7) is 4.92. The van der Waals surface area contributed by atoms with Crippen LogP contribution in [0.2, 0.25) is 5.02 Å². The number of ether oxygens (including phenoxy) is 2. The minimum absolute atomic E-state index is 0.479. The van der Waals surface area contributed by atoms with Crippen molar-refractivity contribution in [3.05, 3.63) is 22.7 Å². The summed E-state index contributed by atoms with van der Waals surface area (Å²) in [5.41, 5.74) is 0.717. The lowest BCUT2D eigenvalue weighted by Gasteiger charge is -2.28. The Kier molecular flexibility index (Phi) is 6.11. The van der Waals surface area contributed by atoms with Crippen LogP contribution in [0.25, 0.3) is 0 Å². The van der Waals surface area contributed by atoms with Gasteiger partial charge in [-0.2, -0.15) is 0 Å². The van der Waals surface area contributed by atoms with E-state index >= 15 is 0 Å². The molecule has 2 N–H and O–H groups in total. The third kappa shape index (κ3) is 4.23. The molecule has 0 spiro atoms. The van der Waals surface area contributed by atoms with E-state index in [4.69, 9.17) is 21.1 Å². The van der Waals surface area contributed by atoms with Gasteiger partial charge in [0.25, 0.3) is 0 Å². The van der Waals surface area contributed by atoms with E-state index in [1.165, 1.54) is 0 Å². The average molecular weight is 315 g/mol. The Morgan fingerprint density at radius 3 is 2.52 bits per heavy atom. The molecule has 1 heterocycles. The van der Waals surface area contributed by atoms with Crippen LogP contribution in [0.4, 0.5) is 0 Å². The van der Waals surface area contributed by atoms with Gasteiger partial charge in [-0.1, -0.05) is 11.6 Å². The van der Waals surface area contributed by atoms with Crippen LogP contribution in [-0.2, 0) is 0 Å². The molecule has 1 aromatic carbocycles. The number of aliphatic hydroxyl groups excluding tert-OH is 1. The third-order valence-electron chi connectivity index (χ3n) is 3.79. The minimum atomic E-state index is -0.596. The monoisotopic (exact) mass is 314 g/mol. The molecule has 0 bridgehead atoms. The van der Waals surface area contributed by atoms with Crippen molar-refractivity contribution < 1.29 is 14.6 Å². The molecule has 0 aliphatic carbocycles. The van der Waals surface area contributed by atoms with Crippen LogP contribution in [-0.4, -0.2) is 56.9 Å². The van der Waals surface area contributed by atoms with Crippen molar-refractivity contribution in [3.63, 3.8) is 0 Å². The Hall–Kier alpha value is -1.01. The van der Waals surface area contributed by atoms with E-state index in [1.54, 1.807) is 26.4 Å². The van der Waals surface area contributed by atoms with Gasteiger partial charge in [-0.25, -0.2) is 0 Å². The SMILES string of the molecule is COc1cc(C(O)CCN2CCNCC2)c(OC)cc1Cl. The highest BCUT2D eigenvalue weighted by molar-refractivity contribution is 6.32. The zero-order chi connectivity index (χ0) is 15.2. The number of aliphatic hydroxyl groups is 1. The summed E-state index contributed by atoms with van der Waals surface area (Å²) < 4.78 is 10.5. The molecule has 0 amide bonds. The van der Waals surface area contributed by atoms with Crippen LogP contribution < -0.4 is 14.8 Å². The van der Waals surface area contributed by atoms with Crippen molar-refractivity contribution in [1.82, 2.24) is 10.2 Å². The van der Waals surface area contributed by atoms with Gasteiger partial charge < -0.3 is 24.8 Å². The van der Waals surface area contributed by atoms with Crippen LogP contribution in [0.15, 0.2) is 12.1 Å². The van der Waals surface area contributed by atoms with Gasteiger partial charge in [-0.05, 0) is 12.5 Å². The number of nitrogens with one attached hydrogen (secondary N) is 1. The van der Waals surface area contributed by atoms with Crippen LogP contribution in [0.1, 0.15) is 18.1 Å². The van der Waals surface area contributed by atoms with Crippen molar-refractivity contribution in [3.8, 4) is 11.5 Å². The Morgan fingerprint density at radius 2 is 1.90 bits per heavy atom. The molecular formula is C15H23ClN2O3. The first-order valence-electron chi connectivity index (χ1n) is 7.18. The third-order valence-corrected chi connectivity index (χ3v) is 4.09. The second kappa shape index (κ2) is 7.84. The zero-order valence-corrected chi connectivity index (χ0v) is 13.3. The fourth-order valence-corrected chi connectivity index (χ4v) is 2.77. The molecule has 1 fully saturated rings. The number of piperazine rings is 1. The van der Waals surface area contributed by atoms with Crippen molar-refractivity contribution in [2.24, 2.45) is 0 Å². The van der Waals surface area contributed by atoms with E-state index in [9.17, 15) is 5.11 Å². The predicted molar refractivity (Wildman–Crippen MR) is 83.4 cm³/mol. The normalized spacial score (nSPS) is 17.5. The predicted octanol–water partition coefficient (Wildman–Crippen LogP) is 1.69. The first kappa shape index (κ1) is 16.4. The van der Waals surface area contributed by atoms with Gasteiger partial charge in [0.05, 0.1) is 25.3 Å². The zero-order valence-electron chi connectivity index (χ0n) is 12.6. The molecule has 118 valence electrons. The number of hydrogen-bond acceptors (Lipinski definition) is 5. The summed E-state index contributed by atoms with van der Waals surface area (Å²) in [6, 6.07) is 3.44. The van der Waals surface area contributed by atoms with Crippen LogP contribution in [0.5, 0.6) is 11.5 Å². The molecule has 2 rings (SSSR count).